The van der Waals surface area contributed by atoms with Crippen LogP contribution in [-0.2, 0) is 12.7 Å². The maximum atomic E-state index is 13.6. The summed E-state index contributed by atoms with van der Waals surface area (Å²) in [5.41, 5.74) is 1.97. The number of aromatic amines is 1. The summed E-state index contributed by atoms with van der Waals surface area (Å²) in [6.45, 7) is 1.19. The zero-order valence-corrected chi connectivity index (χ0v) is 17.8. The van der Waals surface area contributed by atoms with E-state index in [4.69, 9.17) is 0 Å². The molecule has 0 unspecified atom stereocenters. The maximum absolute atomic E-state index is 13.6. The number of imidazole rings is 1. The largest absolute Gasteiger partial charge is 0.449 e. The van der Waals surface area contributed by atoms with Crippen LogP contribution in [-0.4, -0.2) is 43.6 Å². The Morgan fingerprint density at radius 3 is 2.66 bits per heavy atom. The van der Waals surface area contributed by atoms with Crippen LogP contribution in [0.5, 0.6) is 0 Å². The van der Waals surface area contributed by atoms with Crippen molar-refractivity contribution >= 4 is 28.3 Å². The molecule has 0 saturated carbocycles. The van der Waals surface area contributed by atoms with Gasteiger partial charge < -0.3 is 9.47 Å². The second-order valence-corrected chi connectivity index (χ2v) is 8.86. The van der Waals surface area contributed by atoms with Crippen molar-refractivity contribution in [2.24, 2.45) is 5.92 Å². The summed E-state index contributed by atoms with van der Waals surface area (Å²) in [5, 5.41) is 9.01. The molecule has 4 heterocycles. The average Bonchev–Trinajstić information content (AvgIpc) is 3.53. The van der Waals surface area contributed by atoms with Crippen LogP contribution < -0.4 is 0 Å². The van der Waals surface area contributed by atoms with Crippen LogP contribution in [0.4, 0.5) is 13.2 Å². The number of rotatable bonds is 4. The molecular weight excluding hydrogens is 439 g/mol. The number of para-hydroxylation sites is 2. The Bertz CT molecular complexity index is 1240. The number of aromatic nitrogens is 4. The van der Waals surface area contributed by atoms with Crippen molar-refractivity contribution in [2.45, 2.75) is 25.6 Å². The van der Waals surface area contributed by atoms with Crippen molar-refractivity contribution in [1.29, 1.82) is 0 Å². The maximum Gasteiger partial charge on any atom is 0.449 e. The molecule has 1 N–H and O–H groups in total. The zero-order valence-electron chi connectivity index (χ0n) is 17.0. The molecule has 1 fully saturated rings. The lowest BCUT2D eigenvalue weighted by Gasteiger charge is -2.32. The predicted molar refractivity (Wildman–Crippen MR) is 115 cm³/mol. The van der Waals surface area contributed by atoms with Gasteiger partial charge >= 0.3 is 6.18 Å². The number of nitrogens with zero attached hydrogens (tertiary/aromatic N) is 4. The van der Waals surface area contributed by atoms with Gasteiger partial charge in [0.1, 0.15) is 0 Å². The van der Waals surface area contributed by atoms with Gasteiger partial charge in [-0.3, -0.25) is 9.89 Å². The number of hydrogen-bond acceptors (Lipinski definition) is 4. The van der Waals surface area contributed by atoms with E-state index in [9.17, 15) is 18.0 Å². The van der Waals surface area contributed by atoms with Gasteiger partial charge in [0, 0.05) is 19.6 Å². The molecule has 0 aliphatic carbocycles. The Hall–Kier alpha value is -3.14. The van der Waals surface area contributed by atoms with E-state index in [1.54, 1.807) is 46.6 Å². The molecule has 1 amide bonds. The van der Waals surface area contributed by atoms with Crippen LogP contribution in [0.15, 0.2) is 47.8 Å². The van der Waals surface area contributed by atoms with E-state index >= 15 is 0 Å². The summed E-state index contributed by atoms with van der Waals surface area (Å²) in [6, 6.07) is 12.3. The van der Waals surface area contributed by atoms with Gasteiger partial charge in [-0.05, 0) is 48.4 Å². The molecule has 166 valence electrons. The minimum atomic E-state index is -4.52. The second kappa shape index (κ2) is 8.09. The molecule has 6 nitrogen and oxygen atoms in total. The first-order valence-corrected chi connectivity index (χ1v) is 11.2. The molecule has 3 aromatic heterocycles. The van der Waals surface area contributed by atoms with E-state index in [0.717, 1.165) is 10.6 Å². The third-order valence-electron chi connectivity index (χ3n) is 5.83. The highest BCUT2D eigenvalue weighted by molar-refractivity contribution is 7.13. The van der Waals surface area contributed by atoms with Gasteiger partial charge in [-0.15, -0.1) is 11.3 Å². The SMILES string of the molecule is O=C(c1cc(-c2cccs2)[nH]n1)N1CCC(Cn2c(C(F)(F)F)nc3ccccc32)CC1. The summed E-state index contributed by atoms with van der Waals surface area (Å²) in [6.07, 6.45) is -3.27. The number of alkyl halides is 3. The number of nitrogens with one attached hydrogen (secondary N) is 1. The molecule has 1 aliphatic heterocycles. The van der Waals surface area contributed by atoms with E-state index in [1.165, 1.54) is 4.57 Å². The molecule has 10 heteroatoms. The number of benzene rings is 1. The van der Waals surface area contributed by atoms with Crippen LogP contribution in [0, 0.1) is 5.92 Å². The fraction of sp³-hybridized carbons (Fsp3) is 0.318. The van der Waals surface area contributed by atoms with Crippen molar-refractivity contribution in [3.05, 3.63) is 59.4 Å². The third-order valence-corrected chi connectivity index (χ3v) is 6.74. The molecule has 32 heavy (non-hydrogen) atoms. The monoisotopic (exact) mass is 459 g/mol. The molecule has 5 rings (SSSR count). The summed E-state index contributed by atoms with van der Waals surface area (Å²) in [4.78, 5) is 19.4. The number of fused-ring (bicyclic) bond motifs is 1. The summed E-state index contributed by atoms with van der Waals surface area (Å²) in [7, 11) is 0. The lowest BCUT2D eigenvalue weighted by molar-refractivity contribution is -0.147. The highest BCUT2D eigenvalue weighted by atomic mass is 32.1. The molecule has 0 radical (unpaired) electrons. The van der Waals surface area contributed by atoms with E-state index < -0.39 is 12.0 Å². The lowest BCUT2D eigenvalue weighted by Crippen LogP contribution is -2.39. The highest BCUT2D eigenvalue weighted by Gasteiger charge is 2.38. The fourth-order valence-electron chi connectivity index (χ4n) is 4.20. The van der Waals surface area contributed by atoms with Crippen LogP contribution in [0.25, 0.3) is 21.6 Å². The number of H-pyrrole nitrogens is 1. The van der Waals surface area contributed by atoms with E-state index in [0.29, 0.717) is 42.7 Å². The van der Waals surface area contributed by atoms with Crippen LogP contribution >= 0.6 is 11.3 Å². The molecule has 0 atom stereocenters. The molecular formula is C22H20F3N5OS. The second-order valence-electron chi connectivity index (χ2n) is 7.91. The topological polar surface area (TPSA) is 66.8 Å². The number of carbonyl (C=O) groups is 1. The van der Waals surface area contributed by atoms with Gasteiger partial charge in [0.15, 0.2) is 5.69 Å². The van der Waals surface area contributed by atoms with Crippen LogP contribution in [0.1, 0.15) is 29.2 Å². The van der Waals surface area contributed by atoms with Gasteiger partial charge in [-0.2, -0.15) is 18.3 Å². The van der Waals surface area contributed by atoms with Crippen molar-refractivity contribution in [3.8, 4) is 10.6 Å². The minimum absolute atomic E-state index is 0.0265. The third kappa shape index (κ3) is 3.90. The van der Waals surface area contributed by atoms with Crippen molar-refractivity contribution in [3.63, 3.8) is 0 Å². The zero-order chi connectivity index (χ0) is 22.3. The number of hydrogen-bond donors (Lipinski definition) is 1. The minimum Gasteiger partial charge on any atom is -0.337 e. The summed E-state index contributed by atoms with van der Waals surface area (Å²) >= 11 is 1.56. The van der Waals surface area contributed by atoms with Gasteiger partial charge in [0.2, 0.25) is 5.82 Å². The number of piperidine rings is 1. The quantitative estimate of drug-likeness (QED) is 0.464. The lowest BCUT2D eigenvalue weighted by atomic mass is 9.96. The molecule has 1 aliphatic rings. The molecule has 0 bridgehead atoms. The van der Waals surface area contributed by atoms with Gasteiger partial charge in [-0.25, -0.2) is 4.98 Å². The van der Waals surface area contributed by atoms with Crippen molar-refractivity contribution in [2.75, 3.05) is 13.1 Å². The first-order chi connectivity index (χ1) is 15.4. The Labute approximate surface area is 185 Å². The smallest absolute Gasteiger partial charge is 0.337 e. The normalized spacial score (nSPS) is 15.5. The van der Waals surface area contributed by atoms with Gasteiger partial charge in [0.05, 0.1) is 21.6 Å². The average molecular weight is 459 g/mol. The standard InChI is InChI=1S/C22H20F3N5OS/c23-22(24,25)21-26-15-4-1-2-5-18(15)30(21)13-14-7-9-29(10-8-14)20(31)17-12-16(27-28-17)19-6-3-11-32-19/h1-6,11-12,14H,7-10,13H2,(H,27,28). The van der Waals surface area contributed by atoms with Crippen molar-refractivity contribution in [1.82, 2.24) is 24.6 Å². The molecule has 1 aromatic carbocycles. The molecule has 0 spiro atoms. The number of halogens is 3. The Balaban J connectivity index is 1.27. The van der Waals surface area contributed by atoms with E-state index in [-0.39, 0.29) is 18.4 Å². The highest BCUT2D eigenvalue weighted by Crippen LogP contribution is 2.33. The fourth-order valence-corrected chi connectivity index (χ4v) is 4.90. The van der Waals surface area contributed by atoms with Crippen LogP contribution in [0.2, 0.25) is 0 Å². The van der Waals surface area contributed by atoms with Gasteiger partial charge in [0.25, 0.3) is 5.91 Å². The first kappa shape index (κ1) is 20.7. The summed E-state index contributed by atoms with van der Waals surface area (Å²) < 4.78 is 41.9. The number of amides is 1. The van der Waals surface area contributed by atoms with Crippen molar-refractivity contribution < 1.29 is 18.0 Å². The number of likely N-dealkylation sites (tertiary alicyclic amines) is 1. The van der Waals surface area contributed by atoms with E-state index in [2.05, 4.69) is 15.2 Å². The molecule has 4 aromatic rings. The number of thiophene rings is 1. The number of carbonyl (C=O) groups excluding carboxylic acids is 1. The first-order valence-electron chi connectivity index (χ1n) is 10.3. The predicted octanol–water partition coefficient (Wildman–Crippen LogP) is 5.06. The Morgan fingerprint density at radius 2 is 1.94 bits per heavy atom. The Kier molecular flexibility index (Phi) is 5.24. The summed E-state index contributed by atoms with van der Waals surface area (Å²) in [5.74, 6) is -1.000. The van der Waals surface area contributed by atoms with Crippen LogP contribution in [0.3, 0.4) is 0 Å². The van der Waals surface area contributed by atoms with Gasteiger partial charge in [-0.1, -0.05) is 18.2 Å². The Morgan fingerprint density at radius 1 is 1.16 bits per heavy atom. The molecule has 1 saturated heterocycles. The van der Waals surface area contributed by atoms with E-state index in [1.807, 2.05) is 17.5 Å².